The van der Waals surface area contributed by atoms with Gasteiger partial charge < -0.3 is 5.73 Å². The summed E-state index contributed by atoms with van der Waals surface area (Å²) in [5.74, 6) is -0.333. The van der Waals surface area contributed by atoms with Crippen LogP contribution in [0.4, 0.5) is 0 Å². The summed E-state index contributed by atoms with van der Waals surface area (Å²) >= 11 is 0. The number of pyridine rings is 1. The Balaban J connectivity index is 2.30. The topological polar surface area (TPSA) is 56.0 Å². The minimum atomic E-state index is -0.333. The third kappa shape index (κ3) is 5.15. The quantitative estimate of drug-likeness (QED) is 0.661. The maximum atomic E-state index is 11.9. The molecule has 0 saturated heterocycles. The van der Waals surface area contributed by atoms with Crippen LogP contribution in [-0.4, -0.2) is 10.9 Å². The summed E-state index contributed by atoms with van der Waals surface area (Å²) in [6, 6.07) is 6.24. The van der Waals surface area contributed by atoms with Crippen molar-refractivity contribution < 1.29 is 4.79 Å². The average Bonchev–Trinajstić information content (AvgIpc) is 2.58. The zero-order chi connectivity index (χ0) is 18.2. The molecule has 0 aliphatic rings. The number of rotatable bonds is 9. The number of carbonyl (C=O) groups is 1. The number of aromatic nitrogens is 1. The van der Waals surface area contributed by atoms with Crippen molar-refractivity contribution in [2.75, 3.05) is 0 Å². The number of amides is 1. The number of hydrogen-bond donors (Lipinski definition) is 1. The molecule has 134 valence electrons. The lowest BCUT2D eigenvalue weighted by molar-refractivity contribution is 0.0999. The van der Waals surface area contributed by atoms with Crippen LogP contribution in [0, 0.1) is 13.8 Å². The van der Waals surface area contributed by atoms with Gasteiger partial charge in [0.15, 0.2) is 0 Å². The molecule has 25 heavy (non-hydrogen) atoms. The molecule has 0 fully saturated rings. The minimum Gasteiger partial charge on any atom is -0.366 e. The highest BCUT2D eigenvalue weighted by atomic mass is 16.1. The van der Waals surface area contributed by atoms with E-state index in [1.807, 2.05) is 38.4 Å². The molecule has 0 aliphatic heterocycles. The van der Waals surface area contributed by atoms with Crippen molar-refractivity contribution in [3.63, 3.8) is 0 Å². The van der Waals surface area contributed by atoms with E-state index in [4.69, 9.17) is 5.73 Å². The molecule has 0 bridgehead atoms. The van der Waals surface area contributed by atoms with Gasteiger partial charge in [0.05, 0.1) is 0 Å². The Kier molecular flexibility index (Phi) is 7.17. The second kappa shape index (κ2) is 9.36. The number of unbranched alkanes of at least 4 members (excludes halogenated alkanes) is 4. The molecule has 0 unspecified atom stereocenters. The summed E-state index contributed by atoms with van der Waals surface area (Å²) in [6.45, 7) is 6.26. The predicted molar refractivity (Wildman–Crippen MR) is 104 cm³/mol. The standard InChI is InChI=1S/C22H30N2O/c1-4-5-6-7-8-9-19-14-16(2)21(22(23)25)17(3)20(19)15-18-10-12-24-13-11-18/h10-14H,4-9,15H2,1-3H3,(H2,23,25). The van der Waals surface area contributed by atoms with Crippen molar-refractivity contribution in [2.24, 2.45) is 5.73 Å². The number of aryl methyl sites for hydroxylation is 2. The smallest absolute Gasteiger partial charge is 0.249 e. The van der Waals surface area contributed by atoms with E-state index in [-0.39, 0.29) is 5.91 Å². The number of nitrogens with zero attached hydrogens (tertiary/aromatic N) is 1. The maximum absolute atomic E-state index is 11.9. The van der Waals surface area contributed by atoms with Crippen molar-refractivity contribution in [1.29, 1.82) is 0 Å². The lowest BCUT2D eigenvalue weighted by Crippen LogP contribution is -2.17. The molecule has 2 aromatic rings. The average molecular weight is 338 g/mol. The summed E-state index contributed by atoms with van der Waals surface area (Å²) in [5, 5.41) is 0. The Hall–Kier alpha value is -2.16. The van der Waals surface area contributed by atoms with Gasteiger partial charge in [-0.1, -0.05) is 38.7 Å². The summed E-state index contributed by atoms with van der Waals surface area (Å²) in [5.41, 5.74) is 12.2. The highest BCUT2D eigenvalue weighted by Crippen LogP contribution is 2.26. The zero-order valence-electron chi connectivity index (χ0n) is 15.8. The fraction of sp³-hybridized carbons (Fsp3) is 0.455. The first-order valence-electron chi connectivity index (χ1n) is 9.35. The highest BCUT2D eigenvalue weighted by Gasteiger charge is 2.16. The third-order valence-electron chi connectivity index (χ3n) is 4.93. The number of benzene rings is 1. The van der Waals surface area contributed by atoms with Gasteiger partial charge in [-0.15, -0.1) is 0 Å². The lowest BCUT2D eigenvalue weighted by Gasteiger charge is -2.18. The molecule has 2 N–H and O–H groups in total. The fourth-order valence-corrected chi connectivity index (χ4v) is 3.58. The van der Waals surface area contributed by atoms with Crippen molar-refractivity contribution in [1.82, 2.24) is 4.98 Å². The molecule has 0 aliphatic carbocycles. The molecule has 2 rings (SSSR count). The first kappa shape index (κ1) is 19.2. The van der Waals surface area contributed by atoms with Crippen LogP contribution < -0.4 is 5.73 Å². The molecule has 0 atom stereocenters. The van der Waals surface area contributed by atoms with Gasteiger partial charge in [0.25, 0.3) is 0 Å². The third-order valence-corrected chi connectivity index (χ3v) is 4.93. The van der Waals surface area contributed by atoms with Crippen molar-refractivity contribution in [3.8, 4) is 0 Å². The van der Waals surface area contributed by atoms with Crippen LogP contribution in [0.1, 0.15) is 77.2 Å². The van der Waals surface area contributed by atoms with E-state index >= 15 is 0 Å². The predicted octanol–water partition coefficient (Wildman–Crippen LogP) is 4.90. The summed E-state index contributed by atoms with van der Waals surface area (Å²) in [4.78, 5) is 16.0. The van der Waals surface area contributed by atoms with E-state index in [2.05, 4.69) is 18.0 Å². The molecule has 1 aromatic carbocycles. The number of carbonyl (C=O) groups excluding carboxylic acids is 1. The van der Waals surface area contributed by atoms with Crippen molar-refractivity contribution >= 4 is 5.91 Å². The Morgan fingerprint density at radius 1 is 1.08 bits per heavy atom. The summed E-state index contributed by atoms with van der Waals surface area (Å²) in [6.07, 6.45) is 11.8. The van der Waals surface area contributed by atoms with E-state index < -0.39 is 0 Å². The molecule has 1 heterocycles. The molecule has 1 aromatic heterocycles. The van der Waals surface area contributed by atoms with Gasteiger partial charge in [0.2, 0.25) is 5.91 Å². The number of primary amides is 1. The maximum Gasteiger partial charge on any atom is 0.249 e. The van der Waals surface area contributed by atoms with Gasteiger partial charge in [-0.2, -0.15) is 0 Å². The van der Waals surface area contributed by atoms with Gasteiger partial charge in [0, 0.05) is 18.0 Å². The first-order chi connectivity index (χ1) is 12.0. The Bertz CT molecular complexity index is 708. The Labute approximate surface area is 151 Å². The second-order valence-corrected chi connectivity index (χ2v) is 6.89. The Morgan fingerprint density at radius 2 is 1.76 bits per heavy atom. The van der Waals surface area contributed by atoms with Crippen molar-refractivity contribution in [2.45, 2.75) is 65.7 Å². The second-order valence-electron chi connectivity index (χ2n) is 6.89. The largest absolute Gasteiger partial charge is 0.366 e. The molecule has 0 spiro atoms. The van der Waals surface area contributed by atoms with Gasteiger partial charge >= 0.3 is 0 Å². The van der Waals surface area contributed by atoms with Crippen LogP contribution in [0.25, 0.3) is 0 Å². The van der Waals surface area contributed by atoms with E-state index in [0.717, 1.165) is 24.0 Å². The molecule has 3 nitrogen and oxygen atoms in total. The van der Waals surface area contributed by atoms with E-state index in [9.17, 15) is 4.79 Å². The van der Waals surface area contributed by atoms with Crippen LogP contribution in [0.15, 0.2) is 30.6 Å². The first-order valence-corrected chi connectivity index (χ1v) is 9.35. The summed E-state index contributed by atoms with van der Waals surface area (Å²) < 4.78 is 0. The summed E-state index contributed by atoms with van der Waals surface area (Å²) in [7, 11) is 0. The fourth-order valence-electron chi connectivity index (χ4n) is 3.58. The van der Waals surface area contributed by atoms with Gasteiger partial charge in [-0.25, -0.2) is 0 Å². The van der Waals surface area contributed by atoms with Crippen LogP contribution in [0.3, 0.4) is 0 Å². The van der Waals surface area contributed by atoms with Crippen LogP contribution in [0.5, 0.6) is 0 Å². The SMILES string of the molecule is CCCCCCCc1cc(C)c(C(N)=O)c(C)c1Cc1ccncc1. The minimum absolute atomic E-state index is 0.333. The molecular weight excluding hydrogens is 308 g/mol. The molecule has 0 radical (unpaired) electrons. The van der Waals surface area contributed by atoms with E-state index in [1.165, 1.54) is 48.8 Å². The van der Waals surface area contributed by atoms with Gasteiger partial charge in [-0.3, -0.25) is 9.78 Å². The molecule has 1 amide bonds. The monoisotopic (exact) mass is 338 g/mol. The molecule has 0 saturated carbocycles. The van der Waals surface area contributed by atoms with Crippen LogP contribution in [-0.2, 0) is 12.8 Å². The van der Waals surface area contributed by atoms with E-state index in [1.54, 1.807) is 0 Å². The van der Waals surface area contributed by atoms with Gasteiger partial charge in [-0.05, 0) is 73.1 Å². The van der Waals surface area contributed by atoms with E-state index in [0.29, 0.717) is 5.56 Å². The normalized spacial score (nSPS) is 10.8. The van der Waals surface area contributed by atoms with Gasteiger partial charge in [0.1, 0.15) is 0 Å². The molecular formula is C22H30N2O. The lowest BCUT2D eigenvalue weighted by atomic mass is 9.87. The zero-order valence-corrected chi connectivity index (χ0v) is 15.8. The van der Waals surface area contributed by atoms with Crippen LogP contribution in [0.2, 0.25) is 0 Å². The Morgan fingerprint density at radius 3 is 2.40 bits per heavy atom. The molecule has 3 heteroatoms. The van der Waals surface area contributed by atoms with Crippen molar-refractivity contribution in [3.05, 3.63) is 64.0 Å². The highest BCUT2D eigenvalue weighted by molar-refractivity contribution is 5.96. The van der Waals surface area contributed by atoms with Crippen LogP contribution >= 0.6 is 0 Å². The number of hydrogen-bond acceptors (Lipinski definition) is 2. The number of nitrogens with two attached hydrogens (primary N) is 1.